The minimum atomic E-state index is -3.25. The quantitative estimate of drug-likeness (QED) is 0.853. The van der Waals surface area contributed by atoms with Crippen molar-refractivity contribution in [3.8, 4) is 0 Å². The molecule has 0 atom stereocenters. The molecule has 0 unspecified atom stereocenters. The number of hydrogen-bond acceptors (Lipinski definition) is 4. The van der Waals surface area contributed by atoms with E-state index in [1.165, 1.54) is 12.3 Å². The molecule has 0 saturated carbocycles. The van der Waals surface area contributed by atoms with E-state index in [0.717, 1.165) is 17.6 Å². The van der Waals surface area contributed by atoms with E-state index >= 15 is 0 Å². The number of carbonyl (C=O) groups is 1. The SMILES string of the molecule is CS(=O)(=O)c1ccc2c(c1)CCC1=C(NCC=C1)C2=O. The Balaban J connectivity index is 2.10. The third-order valence-electron chi connectivity index (χ3n) is 3.68. The van der Waals surface area contributed by atoms with Crippen LogP contribution in [0.3, 0.4) is 0 Å². The van der Waals surface area contributed by atoms with E-state index in [0.29, 0.717) is 24.2 Å². The van der Waals surface area contributed by atoms with Gasteiger partial charge in [0.2, 0.25) is 5.78 Å². The van der Waals surface area contributed by atoms with Crippen LogP contribution in [0.25, 0.3) is 0 Å². The zero-order valence-corrected chi connectivity index (χ0v) is 12.0. The molecule has 0 saturated heterocycles. The van der Waals surface area contributed by atoms with Gasteiger partial charge in [-0.05, 0) is 42.2 Å². The lowest BCUT2D eigenvalue weighted by Gasteiger charge is -2.14. The van der Waals surface area contributed by atoms with Crippen molar-refractivity contribution >= 4 is 15.6 Å². The van der Waals surface area contributed by atoms with Crippen LogP contribution in [-0.2, 0) is 16.3 Å². The molecule has 0 spiro atoms. The predicted molar refractivity (Wildman–Crippen MR) is 76.4 cm³/mol. The van der Waals surface area contributed by atoms with E-state index in [9.17, 15) is 13.2 Å². The monoisotopic (exact) mass is 289 g/mol. The van der Waals surface area contributed by atoms with Crippen molar-refractivity contribution in [1.82, 2.24) is 5.32 Å². The lowest BCUT2D eigenvalue weighted by molar-refractivity contribution is 0.102. The first-order valence-electron chi connectivity index (χ1n) is 6.48. The molecule has 20 heavy (non-hydrogen) atoms. The molecule has 5 heteroatoms. The lowest BCUT2D eigenvalue weighted by atomic mass is 10.0. The number of Topliss-reactive ketones (excluding diaryl/α,β-unsaturated/α-hetero) is 1. The van der Waals surface area contributed by atoms with Crippen LogP contribution < -0.4 is 5.32 Å². The van der Waals surface area contributed by atoms with Gasteiger partial charge in [0.25, 0.3) is 0 Å². The third kappa shape index (κ3) is 2.18. The summed E-state index contributed by atoms with van der Waals surface area (Å²) in [5.74, 6) is -0.0445. The van der Waals surface area contributed by atoms with E-state index in [-0.39, 0.29) is 10.7 Å². The van der Waals surface area contributed by atoms with Gasteiger partial charge in [-0.15, -0.1) is 0 Å². The standard InChI is InChI=1S/C15H15NO3S/c1-20(18,19)12-6-7-13-11(9-12)5-4-10-3-2-8-16-14(10)15(13)17/h2-3,6-7,9,16H,4-5,8H2,1H3. The Morgan fingerprint density at radius 3 is 2.75 bits per heavy atom. The fourth-order valence-electron chi connectivity index (χ4n) is 2.63. The number of hydrogen-bond donors (Lipinski definition) is 1. The fourth-order valence-corrected chi connectivity index (χ4v) is 3.30. The van der Waals surface area contributed by atoms with Crippen LogP contribution in [0.5, 0.6) is 0 Å². The van der Waals surface area contributed by atoms with Crippen molar-refractivity contribution in [3.05, 3.63) is 52.7 Å². The van der Waals surface area contributed by atoms with Crippen LogP contribution in [0.1, 0.15) is 22.3 Å². The van der Waals surface area contributed by atoms with Gasteiger partial charge in [-0.25, -0.2) is 8.42 Å². The molecule has 1 aromatic rings. The highest BCUT2D eigenvalue weighted by Crippen LogP contribution is 2.27. The Hall–Kier alpha value is -1.88. The average Bonchev–Trinajstić information content (AvgIpc) is 2.56. The third-order valence-corrected chi connectivity index (χ3v) is 4.79. The van der Waals surface area contributed by atoms with E-state index < -0.39 is 9.84 Å². The van der Waals surface area contributed by atoms with Gasteiger partial charge >= 0.3 is 0 Å². The second kappa shape index (κ2) is 4.59. The summed E-state index contributed by atoms with van der Waals surface area (Å²) < 4.78 is 23.2. The summed E-state index contributed by atoms with van der Waals surface area (Å²) in [6.07, 6.45) is 6.57. The first-order valence-corrected chi connectivity index (χ1v) is 8.37. The minimum absolute atomic E-state index is 0.0445. The Morgan fingerprint density at radius 1 is 1.20 bits per heavy atom. The van der Waals surface area contributed by atoms with Gasteiger partial charge in [-0.3, -0.25) is 4.79 Å². The van der Waals surface area contributed by atoms with Gasteiger partial charge < -0.3 is 5.32 Å². The van der Waals surface area contributed by atoms with E-state index in [1.54, 1.807) is 12.1 Å². The Morgan fingerprint density at radius 2 is 2.00 bits per heavy atom. The number of ketones is 1. The summed E-state index contributed by atoms with van der Waals surface area (Å²) in [6.45, 7) is 0.654. The molecule has 0 bridgehead atoms. The number of nitrogens with one attached hydrogen (secondary N) is 1. The molecular formula is C15H15NO3S. The Labute approximate surface area is 118 Å². The van der Waals surface area contributed by atoms with Crippen LogP contribution in [-0.4, -0.2) is 27.0 Å². The highest BCUT2D eigenvalue weighted by molar-refractivity contribution is 7.90. The van der Waals surface area contributed by atoms with Crippen molar-refractivity contribution in [2.75, 3.05) is 12.8 Å². The van der Waals surface area contributed by atoms with Gasteiger partial charge in [0.1, 0.15) is 0 Å². The molecule has 104 valence electrons. The molecule has 1 aliphatic carbocycles. The fraction of sp³-hybridized carbons (Fsp3) is 0.267. The van der Waals surface area contributed by atoms with Gasteiger partial charge in [-0.1, -0.05) is 12.2 Å². The first-order chi connectivity index (χ1) is 9.47. The number of dihydropyridines is 1. The van der Waals surface area contributed by atoms with Crippen molar-refractivity contribution in [2.24, 2.45) is 0 Å². The number of allylic oxidation sites excluding steroid dienone is 3. The maximum atomic E-state index is 12.5. The number of rotatable bonds is 1. The number of benzene rings is 1. The van der Waals surface area contributed by atoms with E-state index in [2.05, 4.69) is 5.32 Å². The molecule has 4 nitrogen and oxygen atoms in total. The second-order valence-corrected chi connectivity index (χ2v) is 7.12. The highest BCUT2D eigenvalue weighted by Gasteiger charge is 2.24. The molecular weight excluding hydrogens is 274 g/mol. The summed E-state index contributed by atoms with van der Waals surface area (Å²) in [4.78, 5) is 12.8. The van der Waals surface area contributed by atoms with Gasteiger partial charge in [-0.2, -0.15) is 0 Å². The van der Waals surface area contributed by atoms with Crippen LogP contribution >= 0.6 is 0 Å². The normalized spacial score (nSPS) is 18.1. The van der Waals surface area contributed by atoms with Gasteiger partial charge in [0.15, 0.2) is 9.84 Å². The zero-order chi connectivity index (χ0) is 14.3. The predicted octanol–water partition coefficient (Wildman–Crippen LogP) is 1.63. The molecule has 0 amide bonds. The largest absolute Gasteiger partial charge is 0.378 e. The van der Waals surface area contributed by atoms with E-state index in [4.69, 9.17) is 0 Å². The van der Waals surface area contributed by atoms with Crippen LogP contribution in [0.15, 0.2) is 46.5 Å². The van der Waals surface area contributed by atoms with Crippen LogP contribution in [0.4, 0.5) is 0 Å². The number of fused-ring (bicyclic) bond motifs is 1. The van der Waals surface area contributed by atoms with Gasteiger partial charge in [0, 0.05) is 18.4 Å². The van der Waals surface area contributed by atoms with Crippen molar-refractivity contribution in [3.63, 3.8) is 0 Å². The maximum absolute atomic E-state index is 12.5. The van der Waals surface area contributed by atoms with Crippen molar-refractivity contribution < 1.29 is 13.2 Å². The van der Waals surface area contributed by atoms with E-state index in [1.807, 2.05) is 12.2 Å². The molecule has 0 aromatic heterocycles. The summed E-state index contributed by atoms with van der Waals surface area (Å²) in [7, 11) is -3.25. The number of aryl methyl sites for hydroxylation is 1. The minimum Gasteiger partial charge on any atom is -0.378 e. The first kappa shape index (κ1) is 13.1. The summed E-state index contributed by atoms with van der Waals surface area (Å²) in [5, 5.41) is 3.12. The molecule has 2 aliphatic rings. The molecule has 1 heterocycles. The molecule has 0 radical (unpaired) electrons. The Bertz CT molecular complexity index is 757. The topological polar surface area (TPSA) is 63.2 Å². The molecule has 1 aliphatic heterocycles. The molecule has 3 rings (SSSR count). The second-order valence-electron chi connectivity index (χ2n) is 5.10. The Kier molecular flexibility index (Phi) is 3.01. The number of sulfone groups is 1. The lowest BCUT2D eigenvalue weighted by Crippen LogP contribution is -2.24. The molecule has 1 aromatic carbocycles. The molecule has 0 fully saturated rings. The summed E-state index contributed by atoms with van der Waals surface area (Å²) in [5.41, 5.74) is 3.06. The molecule has 1 N–H and O–H groups in total. The van der Waals surface area contributed by atoms with Crippen LogP contribution in [0, 0.1) is 0 Å². The average molecular weight is 289 g/mol. The summed E-state index contributed by atoms with van der Waals surface area (Å²) in [6, 6.07) is 4.77. The van der Waals surface area contributed by atoms with Gasteiger partial charge in [0.05, 0.1) is 10.6 Å². The summed E-state index contributed by atoms with van der Waals surface area (Å²) >= 11 is 0. The maximum Gasteiger partial charge on any atom is 0.209 e. The van der Waals surface area contributed by atoms with Crippen molar-refractivity contribution in [1.29, 1.82) is 0 Å². The van der Waals surface area contributed by atoms with Crippen LogP contribution in [0.2, 0.25) is 0 Å². The number of carbonyl (C=O) groups excluding carboxylic acids is 1. The van der Waals surface area contributed by atoms with Crippen molar-refractivity contribution in [2.45, 2.75) is 17.7 Å². The highest BCUT2D eigenvalue weighted by atomic mass is 32.2. The smallest absolute Gasteiger partial charge is 0.209 e. The zero-order valence-electron chi connectivity index (χ0n) is 11.1.